The van der Waals surface area contributed by atoms with E-state index in [1.165, 1.54) is 0 Å². The van der Waals surface area contributed by atoms with Crippen molar-refractivity contribution in [2.75, 3.05) is 18.0 Å². The van der Waals surface area contributed by atoms with Crippen molar-refractivity contribution in [2.45, 2.75) is 25.3 Å². The summed E-state index contributed by atoms with van der Waals surface area (Å²) >= 11 is 3.33. The van der Waals surface area contributed by atoms with E-state index in [0.717, 1.165) is 47.2 Å². The van der Waals surface area contributed by atoms with Gasteiger partial charge in [-0.05, 0) is 24.3 Å². The van der Waals surface area contributed by atoms with Crippen molar-refractivity contribution in [1.29, 1.82) is 0 Å². The van der Waals surface area contributed by atoms with Crippen LogP contribution in [-0.4, -0.2) is 30.0 Å². The Balaban J connectivity index is 1.30. The molecule has 1 aromatic carbocycles. The first-order valence-corrected chi connectivity index (χ1v) is 10.6. The fourth-order valence-corrected chi connectivity index (χ4v) is 4.81. The van der Waals surface area contributed by atoms with Crippen LogP contribution in [0.25, 0.3) is 11.3 Å². The molecule has 0 spiro atoms. The molecule has 0 radical (unpaired) electrons. The molecule has 1 fully saturated rings. The van der Waals surface area contributed by atoms with Crippen molar-refractivity contribution in [3.63, 3.8) is 0 Å². The molecule has 2 aromatic heterocycles. The standard InChI is InChI=1S/C20H21N3OS2/c24-19(13-17-7-4-12-25-17)21-16-8-10-23(11-9-16)20-22-18(14-26-20)15-5-2-1-3-6-15/h1-7,12,14,16H,8-11,13H2,(H,21,24). The number of anilines is 1. The maximum absolute atomic E-state index is 12.2. The fourth-order valence-electron chi connectivity index (χ4n) is 3.22. The van der Waals surface area contributed by atoms with E-state index in [4.69, 9.17) is 4.98 Å². The summed E-state index contributed by atoms with van der Waals surface area (Å²) in [4.78, 5) is 20.4. The predicted octanol–water partition coefficient (Wildman–Crippen LogP) is 4.20. The van der Waals surface area contributed by atoms with E-state index in [9.17, 15) is 4.79 Å². The van der Waals surface area contributed by atoms with Gasteiger partial charge in [-0.15, -0.1) is 22.7 Å². The molecule has 134 valence electrons. The van der Waals surface area contributed by atoms with Gasteiger partial charge in [0.05, 0.1) is 12.1 Å². The maximum Gasteiger partial charge on any atom is 0.225 e. The summed E-state index contributed by atoms with van der Waals surface area (Å²) in [7, 11) is 0. The second-order valence-corrected chi connectivity index (χ2v) is 8.34. The number of nitrogens with zero attached hydrogens (tertiary/aromatic N) is 2. The molecule has 1 amide bonds. The number of aromatic nitrogens is 1. The summed E-state index contributed by atoms with van der Waals surface area (Å²) in [6.45, 7) is 1.87. The van der Waals surface area contributed by atoms with E-state index in [-0.39, 0.29) is 11.9 Å². The second kappa shape index (κ2) is 8.01. The molecule has 4 rings (SSSR count). The average molecular weight is 384 g/mol. The number of carbonyl (C=O) groups excluding carboxylic acids is 1. The number of rotatable bonds is 5. The number of hydrogen-bond donors (Lipinski definition) is 1. The van der Waals surface area contributed by atoms with Crippen LogP contribution in [0.15, 0.2) is 53.2 Å². The normalized spacial score (nSPS) is 15.2. The van der Waals surface area contributed by atoms with Gasteiger partial charge in [-0.25, -0.2) is 4.98 Å². The number of nitrogens with one attached hydrogen (secondary N) is 1. The summed E-state index contributed by atoms with van der Waals surface area (Å²) in [6, 6.07) is 14.6. The minimum absolute atomic E-state index is 0.131. The van der Waals surface area contributed by atoms with Gasteiger partial charge in [0.1, 0.15) is 0 Å². The molecule has 1 aliphatic heterocycles. The lowest BCUT2D eigenvalue weighted by molar-refractivity contribution is -0.121. The average Bonchev–Trinajstić information content (AvgIpc) is 3.35. The summed E-state index contributed by atoms with van der Waals surface area (Å²) < 4.78 is 0. The molecule has 0 atom stereocenters. The molecule has 0 aliphatic carbocycles. The topological polar surface area (TPSA) is 45.2 Å². The van der Waals surface area contributed by atoms with Gasteiger partial charge >= 0.3 is 0 Å². The van der Waals surface area contributed by atoms with Crippen molar-refractivity contribution in [1.82, 2.24) is 10.3 Å². The first kappa shape index (κ1) is 17.2. The number of benzene rings is 1. The van der Waals surface area contributed by atoms with Gasteiger partial charge in [0.15, 0.2) is 5.13 Å². The van der Waals surface area contributed by atoms with Crippen LogP contribution in [0, 0.1) is 0 Å². The fraction of sp³-hybridized carbons (Fsp3) is 0.300. The van der Waals surface area contributed by atoms with E-state index in [0.29, 0.717) is 6.42 Å². The monoisotopic (exact) mass is 383 g/mol. The lowest BCUT2D eigenvalue weighted by atomic mass is 10.1. The Labute approximate surface area is 161 Å². The second-order valence-electron chi connectivity index (χ2n) is 6.47. The van der Waals surface area contributed by atoms with Crippen LogP contribution in [0.2, 0.25) is 0 Å². The van der Waals surface area contributed by atoms with E-state index in [1.807, 2.05) is 35.7 Å². The first-order valence-electron chi connectivity index (χ1n) is 8.85. The highest BCUT2D eigenvalue weighted by molar-refractivity contribution is 7.14. The molecule has 6 heteroatoms. The zero-order valence-corrected chi connectivity index (χ0v) is 16.1. The van der Waals surface area contributed by atoms with Gasteiger partial charge in [-0.1, -0.05) is 36.4 Å². The van der Waals surface area contributed by atoms with Gasteiger partial charge < -0.3 is 10.2 Å². The molecule has 4 nitrogen and oxygen atoms in total. The zero-order chi connectivity index (χ0) is 17.8. The quantitative estimate of drug-likeness (QED) is 0.718. The summed E-state index contributed by atoms with van der Waals surface area (Å²) in [5.74, 6) is 0.131. The molecular formula is C20H21N3OS2. The highest BCUT2D eigenvalue weighted by Gasteiger charge is 2.22. The lowest BCUT2D eigenvalue weighted by Gasteiger charge is -2.32. The molecule has 1 N–H and O–H groups in total. The Morgan fingerprint density at radius 2 is 1.92 bits per heavy atom. The number of amides is 1. The van der Waals surface area contributed by atoms with Crippen LogP contribution in [0.4, 0.5) is 5.13 Å². The molecule has 0 bridgehead atoms. The van der Waals surface area contributed by atoms with Crippen LogP contribution in [0.5, 0.6) is 0 Å². The highest BCUT2D eigenvalue weighted by Crippen LogP contribution is 2.29. The maximum atomic E-state index is 12.2. The molecule has 3 aromatic rings. The van der Waals surface area contributed by atoms with Gasteiger partial charge in [-0.3, -0.25) is 4.79 Å². The van der Waals surface area contributed by atoms with Crippen LogP contribution in [-0.2, 0) is 11.2 Å². The molecule has 3 heterocycles. The largest absolute Gasteiger partial charge is 0.353 e. The third-order valence-corrected chi connectivity index (χ3v) is 6.38. The number of thiazole rings is 1. The van der Waals surface area contributed by atoms with Gasteiger partial charge in [-0.2, -0.15) is 0 Å². The van der Waals surface area contributed by atoms with E-state index < -0.39 is 0 Å². The Kier molecular flexibility index (Phi) is 5.32. The van der Waals surface area contributed by atoms with Crippen molar-refractivity contribution in [3.05, 3.63) is 58.1 Å². The number of piperidine rings is 1. The Hall–Kier alpha value is -2.18. The summed E-state index contributed by atoms with van der Waals surface area (Å²) in [5.41, 5.74) is 2.20. The Morgan fingerprint density at radius 3 is 2.65 bits per heavy atom. The first-order chi connectivity index (χ1) is 12.8. The predicted molar refractivity (Wildman–Crippen MR) is 109 cm³/mol. The third-order valence-electron chi connectivity index (χ3n) is 4.61. The lowest BCUT2D eigenvalue weighted by Crippen LogP contribution is -2.45. The Bertz CT molecular complexity index is 837. The number of carbonyl (C=O) groups is 1. The molecule has 0 unspecified atom stereocenters. The zero-order valence-electron chi connectivity index (χ0n) is 14.4. The van der Waals surface area contributed by atoms with E-state index in [1.54, 1.807) is 22.7 Å². The van der Waals surface area contributed by atoms with Crippen LogP contribution < -0.4 is 10.2 Å². The minimum atomic E-state index is 0.131. The van der Waals surface area contributed by atoms with Crippen molar-refractivity contribution >= 4 is 33.7 Å². The van der Waals surface area contributed by atoms with Crippen molar-refractivity contribution < 1.29 is 4.79 Å². The van der Waals surface area contributed by atoms with Gasteiger partial charge in [0, 0.05) is 35.0 Å². The van der Waals surface area contributed by atoms with Crippen molar-refractivity contribution in [2.24, 2.45) is 0 Å². The Morgan fingerprint density at radius 1 is 1.12 bits per heavy atom. The number of thiophene rings is 1. The summed E-state index contributed by atoms with van der Waals surface area (Å²) in [6.07, 6.45) is 2.43. The van der Waals surface area contributed by atoms with Crippen LogP contribution >= 0.6 is 22.7 Å². The molecule has 0 saturated carbocycles. The molecule has 1 aliphatic rings. The molecule has 1 saturated heterocycles. The van der Waals surface area contributed by atoms with Crippen LogP contribution in [0.3, 0.4) is 0 Å². The summed E-state index contributed by atoms with van der Waals surface area (Å²) in [5, 5.41) is 8.40. The van der Waals surface area contributed by atoms with Crippen LogP contribution in [0.1, 0.15) is 17.7 Å². The van der Waals surface area contributed by atoms with Gasteiger partial charge in [0.25, 0.3) is 0 Å². The molecule has 26 heavy (non-hydrogen) atoms. The smallest absolute Gasteiger partial charge is 0.225 e. The van der Waals surface area contributed by atoms with E-state index in [2.05, 4.69) is 27.7 Å². The third kappa shape index (κ3) is 4.14. The van der Waals surface area contributed by atoms with Crippen molar-refractivity contribution in [3.8, 4) is 11.3 Å². The van der Waals surface area contributed by atoms with E-state index >= 15 is 0 Å². The minimum Gasteiger partial charge on any atom is -0.353 e. The highest BCUT2D eigenvalue weighted by atomic mass is 32.1. The SMILES string of the molecule is O=C(Cc1cccs1)NC1CCN(c2nc(-c3ccccc3)cs2)CC1. The van der Waals surface area contributed by atoms with Gasteiger partial charge in [0.2, 0.25) is 5.91 Å². The molecular weight excluding hydrogens is 362 g/mol. The number of hydrogen-bond acceptors (Lipinski definition) is 5.